The quantitative estimate of drug-likeness (QED) is 0.196. The Bertz CT molecular complexity index is 2130. The number of para-hydroxylation sites is 6. The van der Waals surface area contributed by atoms with Crippen molar-refractivity contribution in [3.63, 3.8) is 0 Å². The molecule has 0 saturated heterocycles. The van der Waals surface area contributed by atoms with Gasteiger partial charge in [0.25, 0.3) is 0 Å². The monoisotopic (exact) mass is 602 g/mol. The van der Waals surface area contributed by atoms with Crippen LogP contribution >= 0.6 is 11.3 Å². The molecule has 1 aromatic heterocycles. The van der Waals surface area contributed by atoms with Gasteiger partial charge in [-0.1, -0.05) is 88.4 Å². The average Bonchev–Trinajstić information content (AvgIpc) is 3.45. The second kappa shape index (κ2) is 10.5. The number of thiophene rings is 1. The lowest BCUT2D eigenvalue weighted by atomic mass is 9.73. The SMILES string of the molecule is CC.CC1(C)c2ccccc2N(c2ccc3sc4ccc(N5c6ccccc6Oc6ccccc65)cc4c3c2)c2ccccc21. The maximum absolute atomic E-state index is 6.28. The fraction of sp³-hybridized carbons (Fsp3) is 0.122. The Morgan fingerprint density at radius 2 is 0.889 bits per heavy atom. The topological polar surface area (TPSA) is 15.7 Å². The maximum atomic E-state index is 6.28. The summed E-state index contributed by atoms with van der Waals surface area (Å²) in [7, 11) is 0. The zero-order chi connectivity index (χ0) is 30.7. The summed E-state index contributed by atoms with van der Waals surface area (Å²) in [6.45, 7) is 8.67. The average molecular weight is 603 g/mol. The maximum Gasteiger partial charge on any atom is 0.151 e. The minimum absolute atomic E-state index is 0.0808. The highest BCUT2D eigenvalue weighted by Crippen LogP contribution is 2.53. The highest BCUT2D eigenvalue weighted by molar-refractivity contribution is 7.25. The van der Waals surface area contributed by atoms with Gasteiger partial charge in [-0.25, -0.2) is 0 Å². The molecule has 0 spiro atoms. The molecule has 0 bridgehead atoms. The fourth-order valence-electron chi connectivity index (χ4n) is 6.96. The van der Waals surface area contributed by atoms with E-state index < -0.39 is 0 Å². The summed E-state index contributed by atoms with van der Waals surface area (Å²) in [5.74, 6) is 1.73. The second-order valence-electron chi connectivity index (χ2n) is 11.8. The number of rotatable bonds is 2. The van der Waals surface area contributed by atoms with Crippen molar-refractivity contribution in [1.29, 1.82) is 0 Å². The largest absolute Gasteiger partial charge is 0.453 e. The summed E-state index contributed by atoms with van der Waals surface area (Å²) in [5.41, 5.74) is 9.48. The summed E-state index contributed by atoms with van der Waals surface area (Å²) in [6.07, 6.45) is 0. The molecular formula is C41H34N2OS. The van der Waals surface area contributed by atoms with Crippen LogP contribution in [0.5, 0.6) is 11.5 Å². The first-order valence-electron chi connectivity index (χ1n) is 15.7. The van der Waals surface area contributed by atoms with Crippen molar-refractivity contribution >= 4 is 65.6 Å². The lowest BCUT2D eigenvalue weighted by Gasteiger charge is -2.42. The predicted octanol–water partition coefficient (Wildman–Crippen LogP) is 12.8. The van der Waals surface area contributed by atoms with Gasteiger partial charge in [-0.05, 0) is 83.9 Å². The van der Waals surface area contributed by atoms with Crippen molar-refractivity contribution in [3.8, 4) is 11.5 Å². The molecule has 0 saturated carbocycles. The molecule has 0 unspecified atom stereocenters. The number of nitrogens with zero attached hydrogens (tertiary/aromatic N) is 2. The lowest BCUT2D eigenvalue weighted by Crippen LogP contribution is -2.30. The molecule has 0 N–H and O–H groups in total. The molecule has 0 fully saturated rings. The standard InChI is InChI=1S/C39H28N2OS.C2H6/c1-39(2)29-11-3-5-13-31(29)40(32-14-6-4-12-30(32)39)25-19-21-37-27(23-25)28-24-26(20-22-38(28)43-37)41-33-15-7-9-17-35(33)42-36-18-10-8-16-34(36)41;1-2/h3-24H,1-2H3;1-2H3. The Kier molecular flexibility index (Phi) is 6.44. The van der Waals surface area contributed by atoms with Crippen molar-refractivity contribution in [2.75, 3.05) is 9.80 Å². The molecule has 0 radical (unpaired) electrons. The molecule has 4 heteroatoms. The molecule has 0 amide bonds. The van der Waals surface area contributed by atoms with Crippen LogP contribution in [-0.2, 0) is 5.41 Å². The van der Waals surface area contributed by atoms with Gasteiger partial charge < -0.3 is 14.5 Å². The van der Waals surface area contributed by atoms with E-state index >= 15 is 0 Å². The smallest absolute Gasteiger partial charge is 0.151 e. The fourth-order valence-corrected chi connectivity index (χ4v) is 8.03. The molecule has 6 aromatic carbocycles. The number of hydrogen-bond donors (Lipinski definition) is 0. The minimum Gasteiger partial charge on any atom is -0.453 e. The normalized spacial score (nSPS) is 14.0. The van der Waals surface area contributed by atoms with Crippen LogP contribution in [0, 0.1) is 0 Å². The summed E-state index contributed by atoms with van der Waals surface area (Å²) in [6, 6.07) is 48.0. The van der Waals surface area contributed by atoms with E-state index in [0.29, 0.717) is 0 Å². The van der Waals surface area contributed by atoms with E-state index in [-0.39, 0.29) is 5.41 Å². The van der Waals surface area contributed by atoms with Crippen LogP contribution in [0.15, 0.2) is 133 Å². The zero-order valence-corrected chi connectivity index (χ0v) is 26.7. The first-order valence-corrected chi connectivity index (χ1v) is 16.5. The van der Waals surface area contributed by atoms with Gasteiger partial charge in [-0.2, -0.15) is 0 Å². The highest BCUT2D eigenvalue weighted by Gasteiger charge is 2.36. The molecule has 3 heterocycles. The number of ether oxygens (including phenoxy) is 1. The third-order valence-corrected chi connectivity index (χ3v) is 10.2. The van der Waals surface area contributed by atoms with Crippen molar-refractivity contribution < 1.29 is 4.74 Å². The Morgan fingerprint density at radius 3 is 1.38 bits per heavy atom. The summed E-state index contributed by atoms with van der Waals surface area (Å²) >= 11 is 1.85. The molecule has 45 heavy (non-hydrogen) atoms. The molecule has 0 atom stereocenters. The van der Waals surface area contributed by atoms with E-state index in [2.05, 4.69) is 133 Å². The molecule has 7 aromatic rings. The van der Waals surface area contributed by atoms with Crippen molar-refractivity contribution in [2.45, 2.75) is 33.1 Å². The van der Waals surface area contributed by atoms with E-state index in [1.165, 1.54) is 48.4 Å². The molecule has 0 aliphatic carbocycles. The number of fused-ring (bicyclic) bond motifs is 7. The summed E-state index contributed by atoms with van der Waals surface area (Å²) in [4.78, 5) is 4.76. The van der Waals surface area contributed by atoms with Crippen LogP contribution < -0.4 is 14.5 Å². The van der Waals surface area contributed by atoms with Gasteiger partial charge in [0.2, 0.25) is 0 Å². The lowest BCUT2D eigenvalue weighted by molar-refractivity contribution is 0.477. The molecule has 9 rings (SSSR count). The van der Waals surface area contributed by atoms with Gasteiger partial charge in [0.1, 0.15) is 0 Å². The van der Waals surface area contributed by atoms with Crippen molar-refractivity contribution in [3.05, 3.63) is 145 Å². The number of benzene rings is 6. The highest BCUT2D eigenvalue weighted by atomic mass is 32.1. The van der Waals surface area contributed by atoms with Crippen LogP contribution in [0.25, 0.3) is 20.2 Å². The summed E-state index contributed by atoms with van der Waals surface area (Å²) in [5, 5.41) is 2.54. The van der Waals surface area contributed by atoms with Crippen LogP contribution in [-0.4, -0.2) is 0 Å². The van der Waals surface area contributed by atoms with Gasteiger partial charge in [0, 0.05) is 37.0 Å². The van der Waals surface area contributed by atoms with Crippen LogP contribution in [0.2, 0.25) is 0 Å². The Labute approximate surface area is 268 Å². The van der Waals surface area contributed by atoms with E-state index in [1.54, 1.807) is 0 Å². The van der Waals surface area contributed by atoms with Gasteiger partial charge in [0.15, 0.2) is 11.5 Å². The number of hydrogen-bond acceptors (Lipinski definition) is 4. The van der Waals surface area contributed by atoms with E-state index in [1.807, 2.05) is 49.4 Å². The third-order valence-electron chi connectivity index (χ3n) is 9.02. The minimum atomic E-state index is -0.0808. The molecule has 2 aliphatic rings. The van der Waals surface area contributed by atoms with Crippen molar-refractivity contribution in [2.24, 2.45) is 0 Å². The predicted molar refractivity (Wildman–Crippen MR) is 192 cm³/mol. The third kappa shape index (κ3) is 4.17. The van der Waals surface area contributed by atoms with Crippen LogP contribution in [0.3, 0.4) is 0 Å². The molecule has 3 nitrogen and oxygen atoms in total. The van der Waals surface area contributed by atoms with Gasteiger partial charge in [-0.15, -0.1) is 11.3 Å². The van der Waals surface area contributed by atoms with E-state index in [9.17, 15) is 0 Å². The number of anilines is 6. The van der Waals surface area contributed by atoms with Gasteiger partial charge in [0.05, 0.1) is 22.7 Å². The first kappa shape index (κ1) is 27.5. The zero-order valence-electron chi connectivity index (χ0n) is 25.9. The van der Waals surface area contributed by atoms with Gasteiger partial charge >= 0.3 is 0 Å². The van der Waals surface area contributed by atoms with Gasteiger partial charge in [-0.3, -0.25) is 0 Å². The Hall–Kier alpha value is -5.06. The molecule has 2 aliphatic heterocycles. The Balaban J connectivity index is 0.00000147. The van der Waals surface area contributed by atoms with E-state index in [4.69, 9.17) is 4.74 Å². The summed E-state index contributed by atoms with van der Waals surface area (Å²) < 4.78 is 8.85. The van der Waals surface area contributed by atoms with Crippen molar-refractivity contribution in [1.82, 2.24) is 0 Å². The van der Waals surface area contributed by atoms with Crippen LogP contribution in [0.1, 0.15) is 38.8 Å². The van der Waals surface area contributed by atoms with E-state index in [0.717, 1.165) is 28.6 Å². The first-order chi connectivity index (χ1) is 22.1. The van der Waals surface area contributed by atoms with Crippen LogP contribution in [0.4, 0.5) is 34.1 Å². The molecule has 220 valence electrons. The Morgan fingerprint density at radius 1 is 0.489 bits per heavy atom. The molecular weight excluding hydrogens is 569 g/mol. The second-order valence-corrected chi connectivity index (χ2v) is 12.9.